The zero-order valence-electron chi connectivity index (χ0n) is 10.0. The summed E-state index contributed by atoms with van der Waals surface area (Å²) in [6.07, 6.45) is -0.0612. The van der Waals surface area contributed by atoms with Gasteiger partial charge < -0.3 is 19.1 Å². The van der Waals surface area contributed by atoms with Crippen molar-refractivity contribution in [2.24, 2.45) is 0 Å². The molecule has 2 heterocycles. The summed E-state index contributed by atoms with van der Waals surface area (Å²) in [6, 6.07) is 7.54. The van der Waals surface area contributed by atoms with Gasteiger partial charge in [-0.05, 0) is 12.1 Å². The number of anilines is 1. The molecule has 0 radical (unpaired) electrons. The summed E-state index contributed by atoms with van der Waals surface area (Å²) in [4.78, 5) is 13.7. The highest BCUT2D eigenvalue weighted by Gasteiger charge is 2.28. The summed E-state index contributed by atoms with van der Waals surface area (Å²) in [5.41, 5.74) is 0.808. The van der Waals surface area contributed by atoms with Crippen LogP contribution in [0, 0.1) is 0 Å². The average Bonchev–Trinajstić information content (AvgIpc) is 2.43. The maximum Gasteiger partial charge on any atom is 0.265 e. The van der Waals surface area contributed by atoms with Crippen LogP contribution < -0.4 is 9.64 Å². The second-order valence-corrected chi connectivity index (χ2v) is 4.33. The van der Waals surface area contributed by atoms with Gasteiger partial charge in [0, 0.05) is 0 Å². The lowest BCUT2D eigenvalue weighted by Crippen LogP contribution is -2.46. The van der Waals surface area contributed by atoms with E-state index in [1.807, 2.05) is 24.3 Å². The first kappa shape index (κ1) is 11.5. The van der Waals surface area contributed by atoms with Crippen molar-refractivity contribution in [3.63, 3.8) is 0 Å². The summed E-state index contributed by atoms with van der Waals surface area (Å²) in [5, 5.41) is 0. The van der Waals surface area contributed by atoms with Crippen molar-refractivity contribution in [2.45, 2.75) is 6.10 Å². The lowest BCUT2D eigenvalue weighted by Gasteiger charge is -2.33. The van der Waals surface area contributed by atoms with Crippen LogP contribution in [0.2, 0.25) is 0 Å². The fraction of sp³-hybridized carbons (Fsp3) is 0.462. The van der Waals surface area contributed by atoms with Gasteiger partial charge in [0.25, 0.3) is 5.91 Å². The van der Waals surface area contributed by atoms with Crippen LogP contribution in [0.4, 0.5) is 5.69 Å². The molecular weight excluding hydrogens is 234 g/mol. The van der Waals surface area contributed by atoms with Gasteiger partial charge in [0.05, 0.1) is 38.2 Å². The Labute approximate surface area is 105 Å². The van der Waals surface area contributed by atoms with Crippen LogP contribution >= 0.6 is 0 Å². The molecule has 3 rings (SSSR count). The Morgan fingerprint density at radius 3 is 3.00 bits per heavy atom. The molecule has 5 nitrogen and oxygen atoms in total. The van der Waals surface area contributed by atoms with E-state index in [0.29, 0.717) is 26.4 Å². The van der Waals surface area contributed by atoms with E-state index in [0.717, 1.165) is 11.4 Å². The molecule has 1 fully saturated rings. The molecule has 5 heteroatoms. The maximum atomic E-state index is 11.9. The number of nitrogens with zero attached hydrogens (tertiary/aromatic N) is 1. The van der Waals surface area contributed by atoms with Crippen LogP contribution in [-0.2, 0) is 14.3 Å². The normalized spacial score (nSPS) is 23.4. The number of fused-ring (bicyclic) bond motifs is 1. The van der Waals surface area contributed by atoms with Gasteiger partial charge in [-0.3, -0.25) is 4.79 Å². The molecule has 0 aliphatic carbocycles. The van der Waals surface area contributed by atoms with Crippen LogP contribution in [0.25, 0.3) is 0 Å². The molecule has 0 saturated carbocycles. The van der Waals surface area contributed by atoms with Gasteiger partial charge in [-0.15, -0.1) is 0 Å². The molecule has 96 valence electrons. The van der Waals surface area contributed by atoms with E-state index in [2.05, 4.69) is 0 Å². The molecule has 1 aromatic rings. The van der Waals surface area contributed by atoms with E-state index in [4.69, 9.17) is 14.2 Å². The van der Waals surface area contributed by atoms with Crippen molar-refractivity contribution in [3.05, 3.63) is 24.3 Å². The Bertz CT molecular complexity index is 442. The lowest BCUT2D eigenvalue weighted by atomic mass is 10.2. The molecule has 18 heavy (non-hydrogen) atoms. The van der Waals surface area contributed by atoms with E-state index in [9.17, 15) is 4.79 Å². The van der Waals surface area contributed by atoms with Crippen molar-refractivity contribution >= 4 is 11.6 Å². The largest absolute Gasteiger partial charge is 0.482 e. The minimum absolute atomic E-state index is 0.0390. The van der Waals surface area contributed by atoms with Crippen LogP contribution in [0.5, 0.6) is 5.75 Å². The van der Waals surface area contributed by atoms with Crippen molar-refractivity contribution in [1.82, 2.24) is 0 Å². The Balaban J connectivity index is 1.79. The zero-order valence-corrected chi connectivity index (χ0v) is 10.0. The fourth-order valence-corrected chi connectivity index (χ4v) is 2.20. The smallest absolute Gasteiger partial charge is 0.265 e. The standard InChI is InChI=1S/C13H15NO4/c15-13-9-18-12-4-2-1-3-11(12)14(13)7-10-8-16-5-6-17-10/h1-4,10H,5-9H2/t10-/m1/s1. The van der Waals surface area contributed by atoms with E-state index < -0.39 is 0 Å². The molecule has 0 unspecified atom stereocenters. The molecule has 0 N–H and O–H groups in total. The Hall–Kier alpha value is -1.59. The van der Waals surface area contributed by atoms with Crippen LogP contribution in [0.15, 0.2) is 24.3 Å². The van der Waals surface area contributed by atoms with Gasteiger partial charge in [0.1, 0.15) is 5.75 Å². The highest BCUT2D eigenvalue weighted by atomic mass is 16.6. The molecular formula is C13H15NO4. The predicted octanol–water partition coefficient (Wildman–Crippen LogP) is 0.827. The van der Waals surface area contributed by atoms with Crippen LogP contribution in [0.3, 0.4) is 0 Å². The highest BCUT2D eigenvalue weighted by Crippen LogP contribution is 2.31. The van der Waals surface area contributed by atoms with Gasteiger partial charge >= 0.3 is 0 Å². The Kier molecular flexibility index (Phi) is 3.17. The molecule has 1 saturated heterocycles. The summed E-state index contributed by atoms with van der Waals surface area (Å²) >= 11 is 0. The third-order valence-corrected chi connectivity index (χ3v) is 3.08. The summed E-state index contributed by atoms with van der Waals surface area (Å²) in [7, 11) is 0. The van der Waals surface area contributed by atoms with Gasteiger partial charge in [0.15, 0.2) is 6.61 Å². The molecule has 2 aliphatic heterocycles. The van der Waals surface area contributed by atoms with E-state index >= 15 is 0 Å². The molecule has 0 aromatic heterocycles. The van der Waals surface area contributed by atoms with Crippen molar-refractivity contribution in [2.75, 3.05) is 37.9 Å². The number of ether oxygens (including phenoxy) is 3. The lowest BCUT2D eigenvalue weighted by molar-refractivity contribution is -0.123. The van der Waals surface area contributed by atoms with Gasteiger partial charge in [-0.1, -0.05) is 12.1 Å². The minimum atomic E-state index is -0.0612. The Morgan fingerprint density at radius 1 is 1.28 bits per heavy atom. The monoisotopic (exact) mass is 249 g/mol. The zero-order chi connectivity index (χ0) is 12.4. The van der Waals surface area contributed by atoms with E-state index in [1.54, 1.807) is 4.90 Å². The molecule has 1 atom stereocenters. The molecule has 0 spiro atoms. The van der Waals surface area contributed by atoms with Gasteiger partial charge in [0.2, 0.25) is 0 Å². The van der Waals surface area contributed by atoms with Crippen molar-refractivity contribution in [1.29, 1.82) is 0 Å². The topological polar surface area (TPSA) is 48.0 Å². The van der Waals surface area contributed by atoms with Crippen LogP contribution in [-0.4, -0.2) is 45.0 Å². The number of rotatable bonds is 2. The van der Waals surface area contributed by atoms with E-state index in [-0.39, 0.29) is 18.6 Å². The van der Waals surface area contributed by atoms with Crippen molar-refractivity contribution in [3.8, 4) is 5.75 Å². The molecule has 1 aromatic carbocycles. The quantitative estimate of drug-likeness (QED) is 0.779. The molecule has 2 aliphatic rings. The number of hydrogen-bond acceptors (Lipinski definition) is 4. The summed E-state index contributed by atoms with van der Waals surface area (Å²) in [6.45, 7) is 2.35. The summed E-state index contributed by atoms with van der Waals surface area (Å²) < 4.78 is 16.3. The summed E-state index contributed by atoms with van der Waals surface area (Å²) in [5.74, 6) is 0.705. The molecule has 1 amide bonds. The second kappa shape index (κ2) is 4.96. The fourth-order valence-electron chi connectivity index (χ4n) is 2.20. The third-order valence-electron chi connectivity index (χ3n) is 3.08. The predicted molar refractivity (Wildman–Crippen MR) is 64.8 cm³/mol. The van der Waals surface area contributed by atoms with Gasteiger partial charge in [-0.25, -0.2) is 0 Å². The first-order chi connectivity index (χ1) is 8.84. The SMILES string of the molecule is O=C1COc2ccccc2N1C[C@@H]1COCCO1. The number of hydrogen-bond donors (Lipinski definition) is 0. The number of amides is 1. The number of benzene rings is 1. The minimum Gasteiger partial charge on any atom is -0.482 e. The Morgan fingerprint density at radius 2 is 2.17 bits per heavy atom. The number of carbonyl (C=O) groups is 1. The second-order valence-electron chi connectivity index (χ2n) is 4.33. The highest BCUT2D eigenvalue weighted by molar-refractivity contribution is 5.97. The van der Waals surface area contributed by atoms with Crippen molar-refractivity contribution < 1.29 is 19.0 Å². The first-order valence-corrected chi connectivity index (χ1v) is 6.06. The van der Waals surface area contributed by atoms with Crippen LogP contribution in [0.1, 0.15) is 0 Å². The first-order valence-electron chi connectivity index (χ1n) is 6.06. The van der Waals surface area contributed by atoms with Gasteiger partial charge in [-0.2, -0.15) is 0 Å². The maximum absolute atomic E-state index is 11.9. The third kappa shape index (κ3) is 2.19. The number of para-hydroxylation sites is 2. The molecule has 0 bridgehead atoms. The number of carbonyl (C=O) groups excluding carboxylic acids is 1. The van der Waals surface area contributed by atoms with E-state index in [1.165, 1.54) is 0 Å². The average molecular weight is 249 g/mol.